The van der Waals surface area contributed by atoms with E-state index < -0.39 is 6.04 Å². The Morgan fingerprint density at radius 3 is 2.57 bits per heavy atom. The minimum Gasteiger partial charge on any atom is -0.356 e. The molecule has 2 unspecified atom stereocenters. The van der Waals surface area contributed by atoms with Crippen LogP contribution in [0, 0.1) is 5.92 Å². The Balaban J connectivity index is 1.68. The van der Waals surface area contributed by atoms with Crippen LogP contribution in [-0.2, 0) is 16.0 Å². The summed E-state index contributed by atoms with van der Waals surface area (Å²) in [6, 6.07) is 14.9. The molecule has 0 bridgehead atoms. The molecule has 1 saturated heterocycles. The second-order valence-corrected chi connectivity index (χ2v) is 9.09. The van der Waals surface area contributed by atoms with Gasteiger partial charge in [-0.3, -0.25) is 9.59 Å². The highest BCUT2D eigenvalue weighted by Gasteiger charge is 2.48. The number of piperazine rings is 1. The molecule has 1 aromatic heterocycles. The molecule has 3 aromatic rings. The molecule has 2 aliphatic rings. The molecular formula is C24H24ClN3O2. The van der Waals surface area contributed by atoms with Crippen molar-refractivity contribution in [3.8, 4) is 0 Å². The van der Waals surface area contributed by atoms with Gasteiger partial charge in [0.05, 0.1) is 12.6 Å². The zero-order valence-corrected chi connectivity index (χ0v) is 17.8. The smallest absolute Gasteiger partial charge is 0.246 e. The molecule has 2 aliphatic heterocycles. The molecule has 6 heteroatoms. The van der Waals surface area contributed by atoms with Crippen LogP contribution in [0.25, 0.3) is 10.9 Å². The lowest BCUT2D eigenvalue weighted by molar-refractivity contribution is -0.159. The van der Waals surface area contributed by atoms with E-state index in [2.05, 4.69) is 24.9 Å². The van der Waals surface area contributed by atoms with Gasteiger partial charge in [0.1, 0.15) is 6.04 Å². The number of benzene rings is 2. The van der Waals surface area contributed by atoms with Crippen molar-refractivity contribution in [2.75, 3.05) is 13.1 Å². The number of hydrogen-bond acceptors (Lipinski definition) is 2. The van der Waals surface area contributed by atoms with Crippen molar-refractivity contribution < 1.29 is 9.59 Å². The summed E-state index contributed by atoms with van der Waals surface area (Å²) in [5, 5.41) is 1.76. The van der Waals surface area contributed by atoms with E-state index in [0.29, 0.717) is 23.9 Å². The molecule has 5 nitrogen and oxygen atoms in total. The van der Waals surface area contributed by atoms with E-state index in [1.165, 1.54) is 0 Å². The van der Waals surface area contributed by atoms with Crippen LogP contribution >= 0.6 is 11.6 Å². The summed E-state index contributed by atoms with van der Waals surface area (Å²) in [4.78, 5) is 33.8. The van der Waals surface area contributed by atoms with Crippen molar-refractivity contribution in [1.82, 2.24) is 14.8 Å². The number of carbonyl (C=O) groups is 2. The first kappa shape index (κ1) is 19.2. The zero-order chi connectivity index (χ0) is 21.0. The van der Waals surface area contributed by atoms with Crippen LogP contribution in [0.4, 0.5) is 0 Å². The number of halogens is 1. The molecule has 2 atom stereocenters. The molecule has 1 N–H and O–H groups in total. The number of rotatable bonds is 3. The monoisotopic (exact) mass is 421 g/mol. The summed E-state index contributed by atoms with van der Waals surface area (Å²) in [7, 11) is 0. The standard InChI is InChI=1S/C24H24ClN3O2/c1-14(2)12-27-13-21(29)28-20(24(27)30)11-18-17-5-3-4-6-19(17)26-22(18)23(28)15-7-9-16(25)10-8-15/h3-10,14,20,23,26H,11-13H2,1-2H3. The number of para-hydroxylation sites is 1. The molecule has 1 fully saturated rings. The van der Waals surface area contributed by atoms with Gasteiger partial charge in [-0.1, -0.05) is 55.8 Å². The first-order valence-electron chi connectivity index (χ1n) is 10.4. The predicted molar refractivity (Wildman–Crippen MR) is 117 cm³/mol. The van der Waals surface area contributed by atoms with E-state index in [4.69, 9.17) is 11.6 Å². The molecule has 0 saturated carbocycles. The Kier molecular flexibility index (Phi) is 4.58. The second kappa shape index (κ2) is 7.17. The van der Waals surface area contributed by atoms with E-state index in [1.54, 1.807) is 9.80 Å². The largest absolute Gasteiger partial charge is 0.356 e. The van der Waals surface area contributed by atoms with Gasteiger partial charge in [-0.2, -0.15) is 0 Å². The van der Waals surface area contributed by atoms with E-state index in [0.717, 1.165) is 27.7 Å². The van der Waals surface area contributed by atoms with Gasteiger partial charge in [-0.25, -0.2) is 0 Å². The highest BCUT2D eigenvalue weighted by molar-refractivity contribution is 6.30. The average molecular weight is 422 g/mol. The second-order valence-electron chi connectivity index (χ2n) is 8.65. The fourth-order valence-corrected chi connectivity index (χ4v) is 5.04. The summed E-state index contributed by atoms with van der Waals surface area (Å²) in [5.41, 5.74) is 4.10. The number of nitrogens with one attached hydrogen (secondary N) is 1. The molecule has 2 amide bonds. The van der Waals surface area contributed by atoms with Gasteiger partial charge in [0.25, 0.3) is 0 Å². The first-order chi connectivity index (χ1) is 14.4. The lowest BCUT2D eigenvalue weighted by Gasteiger charge is -2.47. The third-order valence-electron chi connectivity index (χ3n) is 6.11. The Morgan fingerprint density at radius 2 is 1.83 bits per heavy atom. The van der Waals surface area contributed by atoms with Crippen LogP contribution in [0.5, 0.6) is 0 Å². The average Bonchev–Trinajstić information content (AvgIpc) is 3.09. The van der Waals surface area contributed by atoms with Gasteiger partial charge >= 0.3 is 0 Å². The van der Waals surface area contributed by atoms with Crippen molar-refractivity contribution in [3.05, 3.63) is 70.4 Å². The third-order valence-corrected chi connectivity index (χ3v) is 6.37. The molecule has 3 heterocycles. The van der Waals surface area contributed by atoms with E-state index in [9.17, 15) is 9.59 Å². The Hall–Kier alpha value is -2.79. The fourth-order valence-electron chi connectivity index (χ4n) is 4.91. The molecule has 30 heavy (non-hydrogen) atoms. The van der Waals surface area contributed by atoms with Crippen LogP contribution in [0.15, 0.2) is 48.5 Å². The quantitative estimate of drug-likeness (QED) is 0.690. The van der Waals surface area contributed by atoms with Crippen molar-refractivity contribution in [2.45, 2.75) is 32.4 Å². The van der Waals surface area contributed by atoms with Crippen molar-refractivity contribution in [1.29, 1.82) is 0 Å². The highest BCUT2D eigenvalue weighted by Crippen LogP contribution is 2.42. The van der Waals surface area contributed by atoms with Crippen LogP contribution in [0.1, 0.15) is 36.7 Å². The van der Waals surface area contributed by atoms with Gasteiger partial charge < -0.3 is 14.8 Å². The number of fused-ring (bicyclic) bond motifs is 4. The summed E-state index contributed by atoms with van der Waals surface area (Å²) in [5.74, 6) is 0.343. The molecule has 2 aromatic carbocycles. The number of nitrogens with zero attached hydrogens (tertiary/aromatic N) is 2. The molecule has 0 spiro atoms. The maximum absolute atomic E-state index is 13.4. The van der Waals surface area contributed by atoms with Gasteiger partial charge in [0, 0.05) is 34.6 Å². The first-order valence-corrected chi connectivity index (χ1v) is 10.8. The van der Waals surface area contributed by atoms with Crippen LogP contribution in [-0.4, -0.2) is 45.7 Å². The predicted octanol–water partition coefficient (Wildman–Crippen LogP) is 4.16. The normalized spacial score (nSPS) is 21.3. The minimum atomic E-state index is -0.489. The molecule has 154 valence electrons. The van der Waals surface area contributed by atoms with Crippen molar-refractivity contribution in [2.24, 2.45) is 5.92 Å². The molecular weight excluding hydrogens is 398 g/mol. The number of hydrogen-bond donors (Lipinski definition) is 1. The number of carbonyl (C=O) groups excluding carboxylic acids is 2. The molecule has 0 aliphatic carbocycles. The van der Waals surface area contributed by atoms with Crippen molar-refractivity contribution >= 4 is 34.3 Å². The number of amides is 2. The number of aromatic amines is 1. The molecule has 5 rings (SSSR count). The van der Waals surface area contributed by atoms with Crippen molar-refractivity contribution in [3.63, 3.8) is 0 Å². The maximum atomic E-state index is 13.4. The zero-order valence-electron chi connectivity index (χ0n) is 17.1. The summed E-state index contributed by atoms with van der Waals surface area (Å²) >= 11 is 6.12. The lowest BCUT2D eigenvalue weighted by Crippen LogP contribution is -2.63. The van der Waals surface area contributed by atoms with Gasteiger partial charge in [0.15, 0.2) is 0 Å². The Bertz CT molecular complexity index is 1140. The number of aromatic nitrogens is 1. The maximum Gasteiger partial charge on any atom is 0.246 e. The van der Waals surface area contributed by atoms with E-state index in [1.807, 2.05) is 42.5 Å². The van der Waals surface area contributed by atoms with Gasteiger partial charge in [-0.05, 0) is 35.2 Å². The number of H-pyrrole nitrogens is 1. The van der Waals surface area contributed by atoms with E-state index in [-0.39, 0.29) is 24.4 Å². The van der Waals surface area contributed by atoms with Crippen LogP contribution in [0.3, 0.4) is 0 Å². The van der Waals surface area contributed by atoms with E-state index >= 15 is 0 Å². The summed E-state index contributed by atoms with van der Waals surface area (Å²) in [6.45, 7) is 4.87. The lowest BCUT2D eigenvalue weighted by atomic mass is 9.86. The Morgan fingerprint density at radius 1 is 1.10 bits per heavy atom. The van der Waals surface area contributed by atoms with Crippen LogP contribution in [0.2, 0.25) is 5.02 Å². The topological polar surface area (TPSA) is 56.4 Å². The summed E-state index contributed by atoms with van der Waals surface area (Å²) in [6.07, 6.45) is 0.530. The summed E-state index contributed by atoms with van der Waals surface area (Å²) < 4.78 is 0. The highest BCUT2D eigenvalue weighted by atomic mass is 35.5. The SMILES string of the molecule is CC(C)CN1CC(=O)N2C(Cc3c([nH]c4ccccc34)C2c2ccc(Cl)cc2)C1=O. The molecule has 0 radical (unpaired) electrons. The van der Waals surface area contributed by atoms with Gasteiger partial charge in [0.2, 0.25) is 11.8 Å². The fraction of sp³-hybridized carbons (Fsp3) is 0.333. The van der Waals surface area contributed by atoms with Gasteiger partial charge in [-0.15, -0.1) is 0 Å². The minimum absolute atomic E-state index is 0.00972. The third kappa shape index (κ3) is 3.00. The Labute approximate surface area is 180 Å². The van der Waals surface area contributed by atoms with Crippen LogP contribution < -0.4 is 0 Å².